The van der Waals surface area contributed by atoms with Crippen molar-refractivity contribution in [3.05, 3.63) is 29.3 Å². The first kappa shape index (κ1) is 12.2. The van der Waals surface area contributed by atoms with Gasteiger partial charge in [0.1, 0.15) is 0 Å². The molecule has 2 atom stereocenters. The summed E-state index contributed by atoms with van der Waals surface area (Å²) in [5.74, 6) is -0.525. The van der Waals surface area contributed by atoms with E-state index >= 15 is 0 Å². The van der Waals surface area contributed by atoms with Gasteiger partial charge in [-0.05, 0) is 37.5 Å². The molecule has 1 aliphatic carbocycles. The fourth-order valence-electron chi connectivity index (χ4n) is 2.77. The Morgan fingerprint density at radius 3 is 2.63 bits per heavy atom. The van der Waals surface area contributed by atoms with Crippen LogP contribution in [-0.4, -0.2) is 41.0 Å². The summed E-state index contributed by atoms with van der Waals surface area (Å²) in [5, 5.41) is 13.0. The van der Waals surface area contributed by atoms with Crippen LogP contribution in [0.5, 0.6) is 0 Å². The van der Waals surface area contributed by atoms with Crippen LogP contribution in [0.4, 0.5) is 5.69 Å². The minimum atomic E-state index is -0.340. The highest BCUT2D eigenvalue weighted by Crippen LogP contribution is 2.27. The smallest absolute Gasteiger partial charge is 0.261 e. The van der Waals surface area contributed by atoms with Crippen LogP contribution >= 0.6 is 0 Å². The molecule has 5 heteroatoms. The minimum absolute atomic E-state index is 0.0305. The van der Waals surface area contributed by atoms with Crippen LogP contribution in [0.25, 0.3) is 0 Å². The highest BCUT2D eigenvalue weighted by Gasteiger charge is 2.33. The summed E-state index contributed by atoms with van der Waals surface area (Å²) in [6.07, 6.45) is 2.39. The maximum Gasteiger partial charge on any atom is 0.261 e. The summed E-state index contributed by atoms with van der Waals surface area (Å²) < 4.78 is 0. The van der Waals surface area contributed by atoms with E-state index in [1.165, 1.54) is 7.05 Å². The fraction of sp³-hybridized carbons (Fsp3) is 0.429. The van der Waals surface area contributed by atoms with Crippen molar-refractivity contribution in [2.24, 2.45) is 0 Å². The van der Waals surface area contributed by atoms with Gasteiger partial charge in [-0.1, -0.05) is 0 Å². The summed E-state index contributed by atoms with van der Waals surface area (Å²) in [6, 6.07) is 5.18. The molecule has 5 nitrogen and oxygen atoms in total. The van der Waals surface area contributed by atoms with E-state index < -0.39 is 0 Å². The fourth-order valence-corrected chi connectivity index (χ4v) is 2.77. The Bertz CT molecular complexity index is 556. The number of carbonyl (C=O) groups excluding carboxylic acids is 2. The van der Waals surface area contributed by atoms with E-state index in [-0.39, 0.29) is 24.0 Å². The first-order valence-corrected chi connectivity index (χ1v) is 6.49. The molecule has 1 aliphatic heterocycles. The van der Waals surface area contributed by atoms with Crippen LogP contribution in [0.1, 0.15) is 40.0 Å². The normalized spacial score (nSPS) is 25.9. The Balaban J connectivity index is 1.87. The molecule has 0 radical (unpaired) electrons. The number of nitrogens with zero attached hydrogens (tertiary/aromatic N) is 1. The van der Waals surface area contributed by atoms with Gasteiger partial charge < -0.3 is 10.4 Å². The lowest BCUT2D eigenvalue weighted by Crippen LogP contribution is -2.27. The molecule has 0 saturated heterocycles. The first-order valence-electron chi connectivity index (χ1n) is 6.49. The predicted molar refractivity (Wildman–Crippen MR) is 70.1 cm³/mol. The van der Waals surface area contributed by atoms with Crippen LogP contribution in [0.15, 0.2) is 18.2 Å². The van der Waals surface area contributed by atoms with Crippen LogP contribution in [-0.2, 0) is 0 Å². The number of benzene rings is 1. The molecule has 100 valence electrons. The van der Waals surface area contributed by atoms with E-state index in [4.69, 9.17) is 0 Å². The third-order valence-corrected chi connectivity index (χ3v) is 3.92. The first-order chi connectivity index (χ1) is 9.08. The van der Waals surface area contributed by atoms with Gasteiger partial charge in [-0.3, -0.25) is 14.5 Å². The molecule has 2 unspecified atom stereocenters. The van der Waals surface area contributed by atoms with Crippen molar-refractivity contribution in [2.75, 3.05) is 12.4 Å². The van der Waals surface area contributed by atoms with Gasteiger partial charge in [-0.15, -0.1) is 0 Å². The van der Waals surface area contributed by atoms with Crippen molar-refractivity contribution in [2.45, 2.75) is 31.4 Å². The topological polar surface area (TPSA) is 69.6 Å². The van der Waals surface area contributed by atoms with Gasteiger partial charge >= 0.3 is 0 Å². The summed E-state index contributed by atoms with van der Waals surface area (Å²) in [7, 11) is 1.48. The Morgan fingerprint density at radius 1 is 1.21 bits per heavy atom. The lowest BCUT2D eigenvalue weighted by atomic mass is 10.1. The highest BCUT2D eigenvalue weighted by molar-refractivity contribution is 6.21. The van der Waals surface area contributed by atoms with E-state index in [2.05, 4.69) is 5.32 Å². The molecular weight excluding hydrogens is 244 g/mol. The van der Waals surface area contributed by atoms with Gasteiger partial charge in [0.25, 0.3) is 11.8 Å². The lowest BCUT2D eigenvalue weighted by Gasteiger charge is -2.18. The molecule has 2 aliphatic rings. The number of nitrogens with one attached hydrogen (secondary N) is 1. The number of imide groups is 1. The number of hydrogen-bond donors (Lipinski definition) is 2. The zero-order valence-corrected chi connectivity index (χ0v) is 10.7. The summed E-state index contributed by atoms with van der Waals surface area (Å²) in [4.78, 5) is 24.8. The molecule has 0 aromatic heterocycles. The number of aliphatic hydroxyl groups is 1. The van der Waals surface area contributed by atoms with E-state index in [0.717, 1.165) is 29.8 Å². The molecule has 2 N–H and O–H groups in total. The molecule has 1 saturated carbocycles. The number of hydrogen-bond acceptors (Lipinski definition) is 4. The van der Waals surface area contributed by atoms with Crippen LogP contribution < -0.4 is 5.32 Å². The maximum atomic E-state index is 11.9. The van der Waals surface area contributed by atoms with E-state index in [1.54, 1.807) is 18.2 Å². The lowest BCUT2D eigenvalue weighted by molar-refractivity contribution is 0.0693. The summed E-state index contributed by atoms with van der Waals surface area (Å²) in [6.45, 7) is 0. The Hall–Kier alpha value is -1.88. The van der Waals surface area contributed by atoms with E-state index in [9.17, 15) is 14.7 Å². The molecule has 19 heavy (non-hydrogen) atoms. The van der Waals surface area contributed by atoms with Gasteiger partial charge in [0.2, 0.25) is 0 Å². The average Bonchev–Trinajstić information content (AvgIpc) is 2.89. The third-order valence-electron chi connectivity index (χ3n) is 3.92. The third kappa shape index (κ3) is 1.90. The SMILES string of the molecule is CN1C(=O)c2ccc(NC3CCCC3O)cc2C1=O. The zero-order valence-electron chi connectivity index (χ0n) is 10.7. The van der Waals surface area contributed by atoms with Crippen molar-refractivity contribution in [3.8, 4) is 0 Å². The summed E-state index contributed by atoms with van der Waals surface area (Å²) >= 11 is 0. The van der Waals surface area contributed by atoms with Gasteiger partial charge in [0.05, 0.1) is 23.3 Å². The Morgan fingerprint density at radius 2 is 1.95 bits per heavy atom. The van der Waals surface area contributed by atoms with Crippen molar-refractivity contribution >= 4 is 17.5 Å². The second kappa shape index (κ2) is 4.35. The molecule has 1 aromatic rings. The number of aliphatic hydroxyl groups excluding tert-OH is 1. The second-order valence-corrected chi connectivity index (χ2v) is 5.18. The monoisotopic (exact) mass is 260 g/mol. The van der Waals surface area contributed by atoms with Gasteiger partial charge in [-0.25, -0.2) is 0 Å². The molecule has 0 spiro atoms. The van der Waals surface area contributed by atoms with Gasteiger partial charge in [0.15, 0.2) is 0 Å². The number of fused-ring (bicyclic) bond motifs is 1. The molecule has 2 amide bonds. The van der Waals surface area contributed by atoms with Crippen molar-refractivity contribution in [1.82, 2.24) is 4.90 Å². The standard InChI is InChI=1S/C14H16N2O3/c1-16-13(18)9-6-5-8(7-10(9)14(16)19)15-11-3-2-4-12(11)17/h5-7,11-12,15,17H,2-4H2,1H3. The average molecular weight is 260 g/mol. The second-order valence-electron chi connectivity index (χ2n) is 5.18. The van der Waals surface area contributed by atoms with Crippen LogP contribution in [0, 0.1) is 0 Å². The van der Waals surface area contributed by atoms with Crippen molar-refractivity contribution in [1.29, 1.82) is 0 Å². The molecule has 1 aromatic carbocycles. The van der Waals surface area contributed by atoms with Gasteiger partial charge in [-0.2, -0.15) is 0 Å². The van der Waals surface area contributed by atoms with E-state index in [1.807, 2.05) is 0 Å². The van der Waals surface area contributed by atoms with Crippen LogP contribution in [0.2, 0.25) is 0 Å². The number of anilines is 1. The minimum Gasteiger partial charge on any atom is -0.391 e. The largest absolute Gasteiger partial charge is 0.391 e. The molecule has 3 rings (SSSR count). The van der Waals surface area contributed by atoms with Crippen molar-refractivity contribution < 1.29 is 14.7 Å². The van der Waals surface area contributed by atoms with Crippen LogP contribution in [0.3, 0.4) is 0 Å². The number of carbonyl (C=O) groups is 2. The highest BCUT2D eigenvalue weighted by atomic mass is 16.3. The van der Waals surface area contributed by atoms with Crippen molar-refractivity contribution in [3.63, 3.8) is 0 Å². The maximum absolute atomic E-state index is 11.9. The molecule has 0 bridgehead atoms. The van der Waals surface area contributed by atoms with E-state index in [0.29, 0.717) is 11.1 Å². The summed E-state index contributed by atoms with van der Waals surface area (Å²) in [5.41, 5.74) is 1.66. The molecule has 1 fully saturated rings. The molecule has 1 heterocycles. The quantitative estimate of drug-likeness (QED) is 0.785. The number of amides is 2. The predicted octanol–water partition coefficient (Wildman–Crippen LogP) is 1.24. The Kier molecular flexibility index (Phi) is 2.78. The Labute approximate surface area is 111 Å². The zero-order chi connectivity index (χ0) is 13.6. The number of rotatable bonds is 2. The molecular formula is C14H16N2O3. The van der Waals surface area contributed by atoms with Gasteiger partial charge in [0, 0.05) is 12.7 Å².